The third-order valence-electron chi connectivity index (χ3n) is 6.74. The predicted molar refractivity (Wildman–Crippen MR) is 144 cm³/mol. The minimum absolute atomic E-state index is 0.246. The molecule has 6 rings (SSSR count). The molecule has 7 heteroatoms. The number of nitrogens with one attached hydrogen (secondary N) is 1. The summed E-state index contributed by atoms with van der Waals surface area (Å²) in [5.41, 5.74) is 7.45. The fourth-order valence-corrected chi connectivity index (χ4v) is 4.90. The summed E-state index contributed by atoms with van der Waals surface area (Å²) in [7, 11) is 0. The van der Waals surface area contributed by atoms with Gasteiger partial charge in [-0.25, -0.2) is 4.68 Å². The molecule has 3 aromatic carbocycles. The largest absolute Gasteiger partial charge is 0.355 e. The fourth-order valence-electron chi connectivity index (χ4n) is 4.77. The second kappa shape index (κ2) is 10.1. The molecule has 0 saturated heterocycles. The van der Waals surface area contributed by atoms with Crippen LogP contribution in [0.1, 0.15) is 40.0 Å². The number of nitrogens with zero attached hydrogens (tertiary/aromatic N) is 3. The van der Waals surface area contributed by atoms with Crippen molar-refractivity contribution in [3.63, 3.8) is 0 Å². The topological polar surface area (TPSA) is 73.0 Å². The molecular formula is C30H25ClN4O2. The zero-order valence-corrected chi connectivity index (χ0v) is 20.9. The summed E-state index contributed by atoms with van der Waals surface area (Å²) in [4.78, 5) is 13.0. The van der Waals surface area contributed by atoms with Gasteiger partial charge in [-0.15, -0.1) is 0 Å². The van der Waals surface area contributed by atoms with Gasteiger partial charge < -0.3 is 9.84 Å². The van der Waals surface area contributed by atoms with Crippen LogP contribution in [0.5, 0.6) is 0 Å². The number of fused-ring (bicyclic) bond motifs is 1. The van der Waals surface area contributed by atoms with E-state index >= 15 is 0 Å². The second-order valence-electron chi connectivity index (χ2n) is 9.24. The fraction of sp³-hybridized carbons (Fsp3) is 0.167. The minimum Gasteiger partial charge on any atom is -0.355 e. The number of rotatable bonds is 6. The first-order valence-corrected chi connectivity index (χ1v) is 12.8. The van der Waals surface area contributed by atoms with Crippen LogP contribution >= 0.6 is 11.6 Å². The van der Waals surface area contributed by atoms with Crippen molar-refractivity contribution in [2.45, 2.75) is 32.2 Å². The highest BCUT2D eigenvalue weighted by Crippen LogP contribution is 2.28. The Labute approximate surface area is 219 Å². The normalized spacial score (nSPS) is 12.8. The summed E-state index contributed by atoms with van der Waals surface area (Å²) in [5.74, 6) is 0.291. The molecule has 0 radical (unpaired) electrons. The molecule has 1 aliphatic carbocycles. The molecule has 0 atom stereocenters. The molecule has 1 amide bonds. The molecule has 1 aliphatic rings. The first-order chi connectivity index (χ1) is 18.1. The molecule has 0 saturated carbocycles. The molecule has 6 nitrogen and oxygen atoms in total. The van der Waals surface area contributed by atoms with Gasteiger partial charge in [-0.05, 0) is 67.1 Å². The van der Waals surface area contributed by atoms with E-state index in [9.17, 15) is 4.79 Å². The Morgan fingerprint density at radius 2 is 1.68 bits per heavy atom. The summed E-state index contributed by atoms with van der Waals surface area (Å²) in [6, 6.07) is 25.4. The molecule has 1 N–H and O–H groups in total. The van der Waals surface area contributed by atoms with E-state index in [0.717, 1.165) is 40.9 Å². The van der Waals surface area contributed by atoms with Gasteiger partial charge >= 0.3 is 0 Å². The Hall–Kier alpha value is -4.16. The monoisotopic (exact) mass is 508 g/mol. The van der Waals surface area contributed by atoms with Crippen molar-refractivity contribution in [1.82, 2.24) is 20.3 Å². The molecule has 0 fully saturated rings. The summed E-state index contributed by atoms with van der Waals surface area (Å²) < 4.78 is 7.36. The Bertz CT molecular complexity index is 1550. The number of aryl methyl sites for hydroxylation is 2. The van der Waals surface area contributed by atoms with Gasteiger partial charge in [0.05, 0.1) is 11.4 Å². The number of para-hydroxylation sites is 1. The highest BCUT2D eigenvalue weighted by atomic mass is 35.5. The van der Waals surface area contributed by atoms with Crippen LogP contribution in [0, 0.1) is 0 Å². The van der Waals surface area contributed by atoms with Crippen LogP contribution in [0.4, 0.5) is 0 Å². The van der Waals surface area contributed by atoms with Crippen LogP contribution in [-0.4, -0.2) is 20.8 Å². The zero-order valence-electron chi connectivity index (χ0n) is 20.2. The Kier molecular flexibility index (Phi) is 6.33. The molecular weight excluding hydrogens is 484 g/mol. The van der Waals surface area contributed by atoms with Crippen LogP contribution < -0.4 is 5.32 Å². The highest BCUT2D eigenvalue weighted by Gasteiger charge is 2.18. The molecule has 0 unspecified atom stereocenters. The number of hydrogen-bond donors (Lipinski definition) is 1. The lowest BCUT2D eigenvalue weighted by molar-refractivity contribution is 0.0942. The van der Waals surface area contributed by atoms with Crippen LogP contribution in [0.25, 0.3) is 28.3 Å². The van der Waals surface area contributed by atoms with Gasteiger partial charge in [-0.1, -0.05) is 59.2 Å². The lowest BCUT2D eigenvalue weighted by atomic mass is 9.90. The van der Waals surface area contributed by atoms with Gasteiger partial charge in [-0.3, -0.25) is 4.79 Å². The lowest BCUT2D eigenvalue weighted by Crippen LogP contribution is -2.23. The van der Waals surface area contributed by atoms with Crippen molar-refractivity contribution in [3.05, 3.63) is 112 Å². The third kappa shape index (κ3) is 4.93. The highest BCUT2D eigenvalue weighted by molar-refractivity contribution is 6.30. The van der Waals surface area contributed by atoms with Gasteiger partial charge in [0.2, 0.25) is 0 Å². The molecule has 2 heterocycles. The molecule has 0 bridgehead atoms. The lowest BCUT2D eigenvalue weighted by Gasteiger charge is -2.15. The quantitative estimate of drug-likeness (QED) is 0.278. The molecule has 184 valence electrons. The summed E-state index contributed by atoms with van der Waals surface area (Å²) >= 11 is 6.09. The summed E-state index contributed by atoms with van der Waals surface area (Å²) in [6.07, 6.45) is 6.58. The first-order valence-electron chi connectivity index (χ1n) is 12.4. The minimum atomic E-state index is -0.303. The molecule has 0 aliphatic heterocycles. The van der Waals surface area contributed by atoms with E-state index in [4.69, 9.17) is 21.2 Å². The van der Waals surface area contributed by atoms with Crippen molar-refractivity contribution in [2.24, 2.45) is 0 Å². The average Bonchev–Trinajstić information content (AvgIpc) is 3.61. The van der Waals surface area contributed by atoms with Crippen molar-refractivity contribution < 1.29 is 9.32 Å². The standard InChI is InChI=1S/C30H25ClN4O2/c31-25-14-12-21(13-15-25)29-24(19-35(33-29)26-8-2-1-3-9-26)18-32-30(36)27-17-28(37-34-27)23-11-10-20-6-4-5-7-22(20)16-23/h1-3,8-17,19H,4-7,18H2,(H,32,36). The number of carbonyl (C=O) groups is 1. The molecule has 2 aromatic heterocycles. The van der Waals surface area contributed by atoms with Gasteiger partial charge in [0.1, 0.15) is 0 Å². The van der Waals surface area contributed by atoms with E-state index in [-0.39, 0.29) is 18.1 Å². The zero-order chi connectivity index (χ0) is 25.2. The Balaban J connectivity index is 1.22. The van der Waals surface area contributed by atoms with Crippen LogP contribution in [0.15, 0.2) is 89.6 Å². The van der Waals surface area contributed by atoms with Crippen LogP contribution in [0.3, 0.4) is 0 Å². The van der Waals surface area contributed by atoms with Crippen molar-refractivity contribution in [3.8, 4) is 28.3 Å². The number of carbonyl (C=O) groups excluding carboxylic acids is 1. The number of aromatic nitrogens is 3. The number of hydrogen-bond acceptors (Lipinski definition) is 4. The van der Waals surface area contributed by atoms with Gasteiger partial charge in [-0.2, -0.15) is 5.10 Å². The second-order valence-corrected chi connectivity index (χ2v) is 9.68. The maximum atomic E-state index is 13.0. The smallest absolute Gasteiger partial charge is 0.273 e. The van der Waals surface area contributed by atoms with E-state index in [1.165, 1.54) is 24.0 Å². The molecule has 5 aromatic rings. The van der Waals surface area contributed by atoms with E-state index in [2.05, 4.69) is 22.6 Å². The number of amides is 1. The summed E-state index contributed by atoms with van der Waals surface area (Å²) in [5, 5.41) is 12.5. The third-order valence-corrected chi connectivity index (χ3v) is 7.00. The molecule has 0 spiro atoms. The van der Waals surface area contributed by atoms with Crippen molar-refractivity contribution in [2.75, 3.05) is 0 Å². The first kappa shape index (κ1) is 23.3. The van der Waals surface area contributed by atoms with Gasteiger partial charge in [0.15, 0.2) is 11.5 Å². The van der Waals surface area contributed by atoms with Crippen molar-refractivity contribution in [1.29, 1.82) is 0 Å². The van der Waals surface area contributed by atoms with Gasteiger partial charge in [0, 0.05) is 40.5 Å². The van der Waals surface area contributed by atoms with Gasteiger partial charge in [0.25, 0.3) is 5.91 Å². The Morgan fingerprint density at radius 1 is 0.919 bits per heavy atom. The van der Waals surface area contributed by atoms with Crippen LogP contribution in [0.2, 0.25) is 5.02 Å². The van der Waals surface area contributed by atoms with Crippen molar-refractivity contribution >= 4 is 17.5 Å². The number of halogens is 1. The Morgan fingerprint density at radius 3 is 2.49 bits per heavy atom. The molecule has 37 heavy (non-hydrogen) atoms. The predicted octanol–water partition coefficient (Wildman–Crippen LogP) is 6.66. The number of benzene rings is 3. The maximum absolute atomic E-state index is 13.0. The van der Waals surface area contributed by atoms with Crippen LogP contribution in [-0.2, 0) is 19.4 Å². The SMILES string of the molecule is O=C(NCc1cn(-c2ccccc2)nc1-c1ccc(Cl)cc1)c1cc(-c2ccc3c(c2)CCCC3)on1. The van der Waals surface area contributed by atoms with E-state index in [0.29, 0.717) is 10.8 Å². The maximum Gasteiger partial charge on any atom is 0.273 e. The van der Waals surface area contributed by atoms with E-state index in [1.807, 2.05) is 71.5 Å². The average molecular weight is 509 g/mol. The van der Waals surface area contributed by atoms with E-state index in [1.54, 1.807) is 6.07 Å². The summed E-state index contributed by atoms with van der Waals surface area (Å²) in [6.45, 7) is 0.282. The van der Waals surface area contributed by atoms with E-state index < -0.39 is 0 Å².